The second kappa shape index (κ2) is 4.11. The molecule has 4 N–H and O–H groups in total. The van der Waals surface area contributed by atoms with E-state index in [1.165, 1.54) is 12.1 Å². The molecule has 4 heteroatoms. The minimum Gasteiger partial charge on any atom is -0.508 e. The topological polar surface area (TPSA) is 83.5 Å². The fraction of sp³-hybridized carbons (Fsp3) is 0.300. The highest BCUT2D eigenvalue weighted by Crippen LogP contribution is 2.21. The number of carbonyl (C=O) groups is 1. The Bertz CT molecular complexity index is 349. The van der Waals surface area contributed by atoms with Crippen molar-refractivity contribution in [3.63, 3.8) is 0 Å². The molecule has 0 saturated carbocycles. The minimum absolute atomic E-state index is 0.128. The summed E-state index contributed by atoms with van der Waals surface area (Å²) in [6.07, 6.45) is 0.644. The van der Waals surface area contributed by atoms with Crippen LogP contribution >= 0.6 is 0 Å². The molecule has 0 aromatic heterocycles. The molecule has 0 saturated heterocycles. The van der Waals surface area contributed by atoms with Crippen molar-refractivity contribution >= 4 is 5.97 Å². The maximum absolute atomic E-state index is 10.7. The Labute approximate surface area is 82.0 Å². The van der Waals surface area contributed by atoms with Crippen LogP contribution in [0.25, 0.3) is 0 Å². The van der Waals surface area contributed by atoms with Gasteiger partial charge in [-0.3, -0.25) is 4.79 Å². The summed E-state index contributed by atoms with van der Waals surface area (Å²) < 4.78 is 0. The zero-order valence-electron chi connectivity index (χ0n) is 7.90. The second-order valence-electron chi connectivity index (χ2n) is 3.05. The number of aliphatic carboxylic acids is 1. The molecule has 0 spiro atoms. The Morgan fingerprint density at radius 3 is 2.71 bits per heavy atom. The molecule has 1 aromatic rings. The third kappa shape index (κ3) is 2.03. The van der Waals surface area contributed by atoms with Crippen LogP contribution in [0.5, 0.6) is 5.75 Å². The van der Waals surface area contributed by atoms with Crippen LogP contribution in [0, 0.1) is 0 Å². The standard InChI is InChI=1S/C10H13NO3/c1-2-6-5-7(12)3-4-8(6)9(11)10(13)14/h3-5,9,12H,2,11H2,1H3,(H,13,14)/t9-/m1/s1. The first kappa shape index (κ1) is 10.5. The van der Waals surface area contributed by atoms with Gasteiger partial charge in [-0.05, 0) is 29.7 Å². The molecule has 0 radical (unpaired) electrons. The monoisotopic (exact) mass is 195 g/mol. The number of phenols is 1. The molecule has 0 aliphatic carbocycles. The second-order valence-corrected chi connectivity index (χ2v) is 3.05. The Morgan fingerprint density at radius 1 is 1.57 bits per heavy atom. The van der Waals surface area contributed by atoms with E-state index in [1.54, 1.807) is 6.07 Å². The molecular weight excluding hydrogens is 182 g/mol. The molecule has 4 nitrogen and oxygen atoms in total. The van der Waals surface area contributed by atoms with E-state index < -0.39 is 12.0 Å². The van der Waals surface area contributed by atoms with E-state index >= 15 is 0 Å². The van der Waals surface area contributed by atoms with E-state index in [0.717, 1.165) is 5.56 Å². The van der Waals surface area contributed by atoms with Gasteiger partial charge in [-0.2, -0.15) is 0 Å². The van der Waals surface area contributed by atoms with Crippen LogP contribution in [-0.2, 0) is 11.2 Å². The fourth-order valence-electron chi connectivity index (χ4n) is 1.33. The van der Waals surface area contributed by atoms with Gasteiger partial charge in [0.15, 0.2) is 0 Å². The van der Waals surface area contributed by atoms with Crippen LogP contribution in [0.2, 0.25) is 0 Å². The summed E-state index contributed by atoms with van der Waals surface area (Å²) in [5.41, 5.74) is 6.80. The van der Waals surface area contributed by atoms with Crippen molar-refractivity contribution in [1.82, 2.24) is 0 Å². The smallest absolute Gasteiger partial charge is 0.325 e. The van der Waals surface area contributed by atoms with Crippen molar-refractivity contribution in [2.45, 2.75) is 19.4 Å². The Kier molecular flexibility index (Phi) is 3.09. The summed E-state index contributed by atoms with van der Waals surface area (Å²) in [6.45, 7) is 1.88. The lowest BCUT2D eigenvalue weighted by atomic mass is 9.99. The molecule has 0 aliphatic rings. The van der Waals surface area contributed by atoms with E-state index in [-0.39, 0.29) is 5.75 Å². The average Bonchev–Trinajstić information content (AvgIpc) is 2.16. The summed E-state index contributed by atoms with van der Waals surface area (Å²) in [5, 5.41) is 17.9. The molecule has 0 unspecified atom stereocenters. The lowest BCUT2D eigenvalue weighted by Crippen LogP contribution is -2.21. The van der Waals surface area contributed by atoms with Crippen molar-refractivity contribution in [2.24, 2.45) is 5.73 Å². The molecule has 0 heterocycles. The van der Waals surface area contributed by atoms with Gasteiger partial charge in [-0.15, -0.1) is 0 Å². The van der Waals surface area contributed by atoms with Gasteiger partial charge >= 0.3 is 5.97 Å². The van der Waals surface area contributed by atoms with Crippen LogP contribution in [0.4, 0.5) is 0 Å². The number of carboxylic acids is 1. The van der Waals surface area contributed by atoms with Crippen LogP contribution in [0.3, 0.4) is 0 Å². The van der Waals surface area contributed by atoms with E-state index in [9.17, 15) is 9.90 Å². The number of phenolic OH excluding ortho intramolecular Hbond substituents is 1. The lowest BCUT2D eigenvalue weighted by molar-refractivity contribution is -0.138. The zero-order valence-corrected chi connectivity index (χ0v) is 7.90. The van der Waals surface area contributed by atoms with Gasteiger partial charge in [0, 0.05) is 0 Å². The zero-order chi connectivity index (χ0) is 10.7. The minimum atomic E-state index is -1.06. The molecule has 1 aromatic carbocycles. The molecule has 0 bridgehead atoms. The molecular formula is C10H13NO3. The van der Waals surface area contributed by atoms with Crippen LogP contribution in [0.15, 0.2) is 18.2 Å². The SMILES string of the molecule is CCc1cc(O)ccc1[C@@H](N)C(=O)O. The number of hydrogen-bond acceptors (Lipinski definition) is 3. The van der Waals surface area contributed by atoms with Crippen LogP contribution in [-0.4, -0.2) is 16.2 Å². The highest BCUT2D eigenvalue weighted by molar-refractivity contribution is 5.75. The molecule has 1 rings (SSSR count). The van der Waals surface area contributed by atoms with E-state index in [0.29, 0.717) is 12.0 Å². The molecule has 0 fully saturated rings. The Hall–Kier alpha value is -1.55. The number of carboxylic acid groups (broad SMARTS) is 1. The predicted octanol–water partition coefficient (Wildman–Crippen LogP) is 1.04. The maximum Gasteiger partial charge on any atom is 0.325 e. The van der Waals surface area contributed by atoms with Gasteiger partial charge in [0.05, 0.1) is 0 Å². The molecule has 76 valence electrons. The predicted molar refractivity (Wildman–Crippen MR) is 52.0 cm³/mol. The van der Waals surface area contributed by atoms with Gasteiger partial charge < -0.3 is 15.9 Å². The van der Waals surface area contributed by atoms with Gasteiger partial charge in [-0.25, -0.2) is 0 Å². The summed E-state index contributed by atoms with van der Waals surface area (Å²) in [6, 6.07) is 3.51. The number of aromatic hydroxyl groups is 1. The maximum atomic E-state index is 10.7. The van der Waals surface area contributed by atoms with Crippen molar-refractivity contribution < 1.29 is 15.0 Å². The summed E-state index contributed by atoms with van der Waals surface area (Å²) >= 11 is 0. The van der Waals surface area contributed by atoms with Gasteiger partial charge in [0.2, 0.25) is 0 Å². The van der Waals surface area contributed by atoms with Crippen molar-refractivity contribution in [3.8, 4) is 5.75 Å². The highest BCUT2D eigenvalue weighted by Gasteiger charge is 2.17. The quantitative estimate of drug-likeness (QED) is 0.672. The average molecular weight is 195 g/mol. The summed E-state index contributed by atoms with van der Waals surface area (Å²) in [4.78, 5) is 10.7. The lowest BCUT2D eigenvalue weighted by Gasteiger charge is -2.11. The van der Waals surface area contributed by atoms with E-state index in [2.05, 4.69) is 0 Å². The number of aryl methyl sites for hydroxylation is 1. The van der Waals surface area contributed by atoms with Crippen LogP contribution in [0.1, 0.15) is 24.1 Å². The number of nitrogens with two attached hydrogens (primary N) is 1. The number of hydrogen-bond donors (Lipinski definition) is 3. The van der Waals surface area contributed by atoms with Crippen molar-refractivity contribution in [1.29, 1.82) is 0 Å². The fourth-order valence-corrected chi connectivity index (χ4v) is 1.33. The Morgan fingerprint density at radius 2 is 2.21 bits per heavy atom. The summed E-state index contributed by atoms with van der Waals surface area (Å²) in [7, 11) is 0. The molecule has 14 heavy (non-hydrogen) atoms. The first-order chi connectivity index (χ1) is 6.56. The van der Waals surface area contributed by atoms with E-state index in [1.807, 2.05) is 6.92 Å². The third-order valence-corrected chi connectivity index (χ3v) is 2.11. The number of benzene rings is 1. The first-order valence-electron chi connectivity index (χ1n) is 4.36. The normalized spacial score (nSPS) is 12.4. The third-order valence-electron chi connectivity index (χ3n) is 2.11. The summed E-state index contributed by atoms with van der Waals surface area (Å²) in [5.74, 6) is -0.937. The largest absolute Gasteiger partial charge is 0.508 e. The van der Waals surface area contributed by atoms with Crippen molar-refractivity contribution in [3.05, 3.63) is 29.3 Å². The van der Waals surface area contributed by atoms with Gasteiger partial charge in [-0.1, -0.05) is 13.0 Å². The number of rotatable bonds is 3. The Balaban J connectivity index is 3.13. The van der Waals surface area contributed by atoms with Crippen molar-refractivity contribution in [2.75, 3.05) is 0 Å². The van der Waals surface area contributed by atoms with Gasteiger partial charge in [0.1, 0.15) is 11.8 Å². The van der Waals surface area contributed by atoms with Gasteiger partial charge in [0.25, 0.3) is 0 Å². The highest BCUT2D eigenvalue weighted by atomic mass is 16.4. The van der Waals surface area contributed by atoms with E-state index in [4.69, 9.17) is 10.8 Å². The molecule has 0 aliphatic heterocycles. The van der Waals surface area contributed by atoms with Crippen LogP contribution < -0.4 is 5.73 Å². The molecule has 1 atom stereocenters. The first-order valence-corrected chi connectivity index (χ1v) is 4.36. The molecule has 0 amide bonds.